The Bertz CT molecular complexity index is 831. The van der Waals surface area contributed by atoms with E-state index in [9.17, 15) is 9.59 Å². The van der Waals surface area contributed by atoms with Crippen molar-refractivity contribution in [2.45, 2.75) is 34.1 Å². The van der Waals surface area contributed by atoms with Crippen molar-refractivity contribution in [2.24, 2.45) is 10.5 Å². The molecule has 2 aliphatic heterocycles. The lowest BCUT2D eigenvalue weighted by Crippen LogP contribution is -2.24. The third-order valence-electron chi connectivity index (χ3n) is 4.19. The molecule has 0 spiro atoms. The predicted octanol–water partition coefficient (Wildman–Crippen LogP) is 3.46. The number of amides is 2. The first-order valence-corrected chi connectivity index (χ1v) is 8.71. The molecule has 6 heteroatoms. The molecule has 0 N–H and O–H groups in total. The third-order valence-corrected chi connectivity index (χ3v) is 4.19. The van der Waals surface area contributed by atoms with E-state index in [1.165, 1.54) is 0 Å². The van der Waals surface area contributed by atoms with Gasteiger partial charge in [0.1, 0.15) is 0 Å². The lowest BCUT2D eigenvalue weighted by Gasteiger charge is -2.18. The van der Waals surface area contributed by atoms with Gasteiger partial charge in [0.25, 0.3) is 5.91 Å². The van der Waals surface area contributed by atoms with Gasteiger partial charge in [-0.15, -0.1) is 0 Å². The van der Waals surface area contributed by atoms with Crippen LogP contribution in [0.3, 0.4) is 0 Å². The second-order valence-corrected chi connectivity index (χ2v) is 7.26. The number of anilines is 1. The summed E-state index contributed by atoms with van der Waals surface area (Å²) in [6.45, 7) is 8.78. The van der Waals surface area contributed by atoms with E-state index in [-0.39, 0.29) is 5.41 Å². The molecular weight excluding hydrogens is 330 g/mol. The highest BCUT2D eigenvalue weighted by atomic mass is 16.5. The Hall–Kier alpha value is -2.89. The number of fused-ring (bicyclic) bond motifs is 1. The highest BCUT2D eigenvalue weighted by Crippen LogP contribution is 2.38. The molecule has 0 saturated carbocycles. The molecule has 1 aromatic rings. The number of hydrazone groups is 1. The number of rotatable bonds is 4. The SMILES string of the molecule is CCCN1/C(=C\C=C2\C(=O)N(C=O)N=C2C(C)(C)C)Oc2ccccc21. The fourth-order valence-electron chi connectivity index (χ4n) is 2.99. The molecule has 0 fully saturated rings. The van der Waals surface area contributed by atoms with Gasteiger partial charge >= 0.3 is 0 Å². The van der Waals surface area contributed by atoms with E-state index in [4.69, 9.17) is 4.74 Å². The summed E-state index contributed by atoms with van der Waals surface area (Å²) in [4.78, 5) is 25.6. The monoisotopic (exact) mass is 353 g/mol. The molecule has 0 aliphatic carbocycles. The second-order valence-electron chi connectivity index (χ2n) is 7.26. The van der Waals surface area contributed by atoms with Crippen LogP contribution in [-0.4, -0.2) is 29.6 Å². The van der Waals surface area contributed by atoms with Gasteiger partial charge in [-0.2, -0.15) is 10.1 Å². The minimum Gasteiger partial charge on any atom is -0.439 e. The molecule has 0 unspecified atom stereocenters. The highest BCUT2D eigenvalue weighted by Gasteiger charge is 2.36. The van der Waals surface area contributed by atoms with Crippen LogP contribution < -0.4 is 9.64 Å². The second kappa shape index (κ2) is 6.78. The van der Waals surface area contributed by atoms with Gasteiger partial charge in [-0.3, -0.25) is 9.59 Å². The number of hydrogen-bond acceptors (Lipinski definition) is 5. The standard InChI is InChI=1S/C20H23N3O3/c1-5-12-22-15-8-6-7-9-16(15)26-17(22)11-10-14-18(20(2,3)4)21-23(13-24)19(14)25/h6-11,13H,5,12H2,1-4H3/b14-10+,17-11+. The van der Waals surface area contributed by atoms with Crippen molar-refractivity contribution in [1.82, 2.24) is 5.01 Å². The number of nitrogens with zero attached hydrogens (tertiary/aromatic N) is 3. The van der Waals surface area contributed by atoms with Gasteiger partial charge < -0.3 is 9.64 Å². The zero-order valence-corrected chi connectivity index (χ0v) is 15.5. The summed E-state index contributed by atoms with van der Waals surface area (Å²) < 4.78 is 5.95. The Morgan fingerprint density at radius 3 is 2.58 bits per heavy atom. The van der Waals surface area contributed by atoms with Crippen molar-refractivity contribution in [2.75, 3.05) is 11.4 Å². The Labute approximate surface area is 153 Å². The summed E-state index contributed by atoms with van der Waals surface area (Å²) in [7, 11) is 0. The normalized spacial score (nSPS) is 19.8. The minimum atomic E-state index is -0.417. The van der Waals surface area contributed by atoms with Crippen molar-refractivity contribution in [3.63, 3.8) is 0 Å². The molecule has 0 radical (unpaired) electrons. The molecule has 6 nitrogen and oxygen atoms in total. The molecule has 1 aromatic carbocycles. The lowest BCUT2D eigenvalue weighted by atomic mass is 9.85. The Kier molecular flexibility index (Phi) is 4.68. The van der Waals surface area contributed by atoms with Crippen LogP contribution in [0, 0.1) is 5.41 Å². The molecule has 2 heterocycles. The van der Waals surface area contributed by atoms with Gasteiger partial charge in [0.2, 0.25) is 12.3 Å². The molecule has 136 valence electrons. The quantitative estimate of drug-likeness (QED) is 0.614. The average molecular weight is 353 g/mol. The lowest BCUT2D eigenvalue weighted by molar-refractivity contribution is -0.133. The van der Waals surface area contributed by atoms with Crippen molar-refractivity contribution in [3.8, 4) is 5.75 Å². The average Bonchev–Trinajstić information content (AvgIpc) is 3.11. The third kappa shape index (κ3) is 3.14. The van der Waals surface area contributed by atoms with Crippen molar-refractivity contribution < 1.29 is 14.3 Å². The van der Waals surface area contributed by atoms with Crippen LogP contribution >= 0.6 is 0 Å². The van der Waals surface area contributed by atoms with Crippen LogP contribution in [0.1, 0.15) is 34.1 Å². The first-order valence-electron chi connectivity index (χ1n) is 8.71. The van der Waals surface area contributed by atoms with Crippen molar-refractivity contribution in [3.05, 3.63) is 47.9 Å². The number of imide groups is 1. The van der Waals surface area contributed by atoms with E-state index in [1.54, 1.807) is 12.2 Å². The van der Waals surface area contributed by atoms with Gasteiger partial charge in [-0.1, -0.05) is 39.8 Å². The fourth-order valence-corrected chi connectivity index (χ4v) is 2.99. The number of carbonyl (C=O) groups is 2. The van der Waals surface area contributed by atoms with E-state index in [2.05, 4.69) is 16.9 Å². The summed E-state index contributed by atoms with van der Waals surface area (Å²) >= 11 is 0. The van der Waals surface area contributed by atoms with E-state index in [0.29, 0.717) is 23.6 Å². The first kappa shape index (κ1) is 17.9. The Morgan fingerprint density at radius 2 is 1.92 bits per heavy atom. The maximum absolute atomic E-state index is 12.5. The van der Waals surface area contributed by atoms with E-state index in [0.717, 1.165) is 29.4 Å². The van der Waals surface area contributed by atoms with E-state index >= 15 is 0 Å². The van der Waals surface area contributed by atoms with E-state index in [1.807, 2.05) is 45.0 Å². The highest BCUT2D eigenvalue weighted by molar-refractivity contribution is 6.28. The predicted molar refractivity (Wildman–Crippen MR) is 101 cm³/mol. The van der Waals surface area contributed by atoms with Gasteiger partial charge in [0, 0.05) is 12.0 Å². The van der Waals surface area contributed by atoms with Crippen molar-refractivity contribution >= 4 is 23.7 Å². The maximum Gasteiger partial charge on any atom is 0.282 e. The molecule has 2 amide bonds. The van der Waals surface area contributed by atoms with Gasteiger partial charge in [0.15, 0.2) is 5.75 Å². The van der Waals surface area contributed by atoms with Gasteiger partial charge in [0.05, 0.1) is 17.0 Å². The molecule has 2 aliphatic rings. The Morgan fingerprint density at radius 1 is 1.19 bits per heavy atom. The molecule has 3 rings (SSSR count). The van der Waals surface area contributed by atoms with Gasteiger partial charge in [-0.05, 0) is 30.7 Å². The van der Waals surface area contributed by atoms with Crippen LogP contribution in [0.2, 0.25) is 0 Å². The smallest absolute Gasteiger partial charge is 0.282 e. The van der Waals surface area contributed by atoms with Crippen LogP contribution in [0.15, 0.2) is 53.0 Å². The summed E-state index contributed by atoms with van der Waals surface area (Å²) in [6, 6.07) is 7.83. The van der Waals surface area contributed by atoms with Crippen LogP contribution in [-0.2, 0) is 9.59 Å². The molecule has 0 atom stereocenters. The molecule has 26 heavy (non-hydrogen) atoms. The number of benzene rings is 1. The number of allylic oxidation sites excluding steroid dienone is 2. The number of para-hydroxylation sites is 2. The van der Waals surface area contributed by atoms with Crippen LogP contribution in [0.4, 0.5) is 5.69 Å². The number of ether oxygens (including phenoxy) is 1. The minimum absolute atomic E-state index is 0.361. The Balaban J connectivity index is 1.98. The zero-order chi connectivity index (χ0) is 18.9. The largest absolute Gasteiger partial charge is 0.439 e. The first-order chi connectivity index (χ1) is 12.4. The topological polar surface area (TPSA) is 62.2 Å². The summed E-state index contributed by atoms with van der Waals surface area (Å²) in [5, 5.41) is 5.01. The van der Waals surface area contributed by atoms with Crippen LogP contribution in [0.25, 0.3) is 0 Å². The molecule has 0 aromatic heterocycles. The molecule has 0 saturated heterocycles. The summed E-state index contributed by atoms with van der Waals surface area (Å²) in [5.74, 6) is 1.04. The summed E-state index contributed by atoms with van der Waals surface area (Å²) in [6.07, 6.45) is 4.86. The van der Waals surface area contributed by atoms with Crippen molar-refractivity contribution in [1.29, 1.82) is 0 Å². The number of carbonyl (C=O) groups excluding carboxylic acids is 2. The van der Waals surface area contributed by atoms with Crippen LogP contribution in [0.5, 0.6) is 5.75 Å². The molecule has 0 bridgehead atoms. The zero-order valence-electron chi connectivity index (χ0n) is 15.5. The number of hydrogen-bond donors (Lipinski definition) is 0. The molecular formula is C20H23N3O3. The van der Waals surface area contributed by atoms with Gasteiger partial charge in [-0.25, -0.2) is 0 Å². The maximum atomic E-state index is 12.5. The van der Waals surface area contributed by atoms with E-state index < -0.39 is 5.91 Å². The summed E-state index contributed by atoms with van der Waals surface area (Å²) in [5.41, 5.74) is 1.65. The fraction of sp³-hybridized carbons (Fsp3) is 0.350.